The summed E-state index contributed by atoms with van der Waals surface area (Å²) in [5, 5.41) is 19.1. The molecule has 0 radical (unpaired) electrons. The van der Waals surface area contributed by atoms with Crippen molar-refractivity contribution in [2.75, 3.05) is 6.54 Å². The first-order chi connectivity index (χ1) is 14.8. The standard InChI is InChI=1S/C23H23F2NO4S/c24-23(25,16-6-2-1-3-7-16)20(27)14-11-17-8-4-10-21(28)26(17)15-5-9-18-12-13-19(31-18)22(29)30/h1-3,5-7,9,11-14,17,20,27H,4,8,10,15H2,(H,29,30)/b9-5+,14-11+/t17-,20+/m1/s1. The Bertz CT molecular complexity index is 971. The van der Waals surface area contributed by atoms with Gasteiger partial charge in [-0.3, -0.25) is 4.79 Å². The number of hydrogen-bond acceptors (Lipinski definition) is 4. The van der Waals surface area contributed by atoms with E-state index in [-0.39, 0.29) is 22.9 Å². The number of halogens is 2. The number of piperidine rings is 1. The maximum Gasteiger partial charge on any atom is 0.345 e. The molecule has 2 heterocycles. The molecule has 164 valence electrons. The number of hydrogen-bond donors (Lipinski definition) is 2. The predicted molar refractivity (Wildman–Crippen MR) is 115 cm³/mol. The van der Waals surface area contributed by atoms with Crippen LogP contribution in [0.15, 0.2) is 60.7 Å². The fraction of sp³-hybridized carbons (Fsp3) is 0.304. The third kappa shape index (κ3) is 5.65. The number of thiophene rings is 1. The summed E-state index contributed by atoms with van der Waals surface area (Å²) in [4.78, 5) is 25.9. The molecule has 0 spiro atoms. The van der Waals surface area contributed by atoms with Crippen LogP contribution in [0.25, 0.3) is 6.08 Å². The van der Waals surface area contributed by atoms with Gasteiger partial charge >= 0.3 is 11.9 Å². The van der Waals surface area contributed by atoms with E-state index in [9.17, 15) is 23.5 Å². The summed E-state index contributed by atoms with van der Waals surface area (Å²) in [5.74, 6) is -4.53. The van der Waals surface area contributed by atoms with Gasteiger partial charge in [-0.2, -0.15) is 8.78 Å². The average Bonchev–Trinajstić information content (AvgIpc) is 3.23. The number of carboxylic acid groups (broad SMARTS) is 1. The van der Waals surface area contributed by atoms with Gasteiger partial charge in [0.15, 0.2) is 0 Å². The van der Waals surface area contributed by atoms with E-state index in [0.717, 1.165) is 22.3 Å². The number of alkyl halides is 2. The first kappa shape index (κ1) is 22.8. The fourth-order valence-electron chi connectivity index (χ4n) is 3.41. The van der Waals surface area contributed by atoms with Gasteiger partial charge in [0.2, 0.25) is 5.91 Å². The maximum absolute atomic E-state index is 14.5. The van der Waals surface area contributed by atoms with E-state index in [1.54, 1.807) is 29.2 Å². The number of carbonyl (C=O) groups is 2. The highest BCUT2D eigenvalue weighted by Gasteiger charge is 2.39. The van der Waals surface area contributed by atoms with Gasteiger partial charge in [-0.1, -0.05) is 48.6 Å². The second-order valence-electron chi connectivity index (χ2n) is 7.23. The van der Waals surface area contributed by atoms with Crippen LogP contribution in [0.4, 0.5) is 8.78 Å². The Hall–Kier alpha value is -2.84. The molecule has 1 saturated heterocycles. The van der Waals surface area contributed by atoms with Gasteiger partial charge in [-0.15, -0.1) is 11.3 Å². The minimum absolute atomic E-state index is 0.0905. The van der Waals surface area contributed by atoms with Crippen LogP contribution in [0.5, 0.6) is 0 Å². The number of benzene rings is 1. The Morgan fingerprint density at radius 2 is 2.00 bits per heavy atom. The number of carbonyl (C=O) groups excluding carboxylic acids is 1. The number of amides is 1. The number of aromatic carboxylic acids is 1. The first-order valence-corrected chi connectivity index (χ1v) is 10.7. The lowest BCUT2D eigenvalue weighted by molar-refractivity contribution is -0.134. The van der Waals surface area contributed by atoms with Crippen LogP contribution < -0.4 is 0 Å². The average molecular weight is 448 g/mol. The van der Waals surface area contributed by atoms with Crippen molar-refractivity contribution < 1.29 is 28.6 Å². The fourth-order valence-corrected chi connectivity index (χ4v) is 4.19. The smallest absolute Gasteiger partial charge is 0.345 e. The lowest BCUT2D eigenvalue weighted by Crippen LogP contribution is -2.43. The number of carboxylic acids is 1. The Morgan fingerprint density at radius 1 is 1.26 bits per heavy atom. The molecule has 0 saturated carbocycles. The molecule has 1 aromatic carbocycles. The van der Waals surface area contributed by atoms with Crippen LogP contribution in [0.2, 0.25) is 0 Å². The van der Waals surface area contributed by atoms with Crippen molar-refractivity contribution in [1.82, 2.24) is 4.90 Å². The van der Waals surface area contributed by atoms with Crippen LogP contribution in [0.3, 0.4) is 0 Å². The van der Waals surface area contributed by atoms with E-state index in [2.05, 4.69) is 0 Å². The molecule has 2 atom stereocenters. The first-order valence-electron chi connectivity index (χ1n) is 9.88. The minimum atomic E-state index is -3.44. The molecule has 0 aliphatic carbocycles. The molecule has 8 heteroatoms. The normalized spacial score (nSPS) is 18.7. The second kappa shape index (κ2) is 9.98. The third-order valence-corrected chi connectivity index (χ3v) is 6.12. The highest BCUT2D eigenvalue weighted by molar-refractivity contribution is 7.14. The zero-order chi connectivity index (χ0) is 22.4. The molecule has 1 aromatic heterocycles. The van der Waals surface area contributed by atoms with E-state index in [1.807, 2.05) is 0 Å². The van der Waals surface area contributed by atoms with Crippen LogP contribution >= 0.6 is 11.3 Å². The topological polar surface area (TPSA) is 77.8 Å². The molecule has 1 fully saturated rings. The molecule has 1 aliphatic heterocycles. The van der Waals surface area contributed by atoms with Gasteiger partial charge in [0.05, 0.1) is 6.04 Å². The van der Waals surface area contributed by atoms with Crippen LogP contribution in [-0.4, -0.2) is 45.7 Å². The monoisotopic (exact) mass is 447 g/mol. The summed E-state index contributed by atoms with van der Waals surface area (Å²) in [5.41, 5.74) is -0.275. The molecule has 3 rings (SSSR count). The summed E-state index contributed by atoms with van der Waals surface area (Å²) < 4.78 is 29.0. The van der Waals surface area contributed by atoms with Crippen LogP contribution in [0.1, 0.15) is 39.4 Å². The molecule has 1 amide bonds. The molecule has 0 bridgehead atoms. The van der Waals surface area contributed by atoms with Crippen molar-refractivity contribution in [3.05, 3.63) is 76.0 Å². The number of nitrogens with zero attached hydrogens (tertiary/aromatic N) is 1. The molecule has 31 heavy (non-hydrogen) atoms. The van der Waals surface area contributed by atoms with Gasteiger partial charge in [-0.05, 0) is 31.1 Å². The van der Waals surface area contributed by atoms with Gasteiger partial charge in [0.25, 0.3) is 0 Å². The zero-order valence-electron chi connectivity index (χ0n) is 16.7. The van der Waals surface area contributed by atoms with E-state index in [0.29, 0.717) is 19.3 Å². The predicted octanol–water partition coefficient (Wildman–Crippen LogP) is 4.55. The Balaban J connectivity index is 1.67. The van der Waals surface area contributed by atoms with Crippen LogP contribution in [-0.2, 0) is 10.7 Å². The SMILES string of the molecule is O=C(O)c1ccc(/C=C/CN2C(=O)CCC[C@@H]2/C=C/[C@H](O)C(F)(F)c2ccccc2)s1. The van der Waals surface area contributed by atoms with Gasteiger partial charge < -0.3 is 15.1 Å². The lowest BCUT2D eigenvalue weighted by Gasteiger charge is -2.33. The van der Waals surface area contributed by atoms with Crippen molar-refractivity contribution in [1.29, 1.82) is 0 Å². The second-order valence-corrected chi connectivity index (χ2v) is 8.35. The molecular weight excluding hydrogens is 424 g/mol. The molecule has 2 aromatic rings. The molecule has 0 unspecified atom stereocenters. The minimum Gasteiger partial charge on any atom is -0.477 e. The third-order valence-electron chi connectivity index (χ3n) is 5.08. The number of likely N-dealkylation sites (tertiary alicyclic amines) is 1. The molecule has 5 nitrogen and oxygen atoms in total. The number of aliphatic hydroxyl groups is 1. The molecule has 2 N–H and O–H groups in total. The van der Waals surface area contributed by atoms with E-state index in [4.69, 9.17) is 5.11 Å². The van der Waals surface area contributed by atoms with E-state index in [1.165, 1.54) is 36.4 Å². The summed E-state index contributed by atoms with van der Waals surface area (Å²) >= 11 is 1.12. The summed E-state index contributed by atoms with van der Waals surface area (Å²) in [6, 6.07) is 9.92. The Kier molecular flexibility index (Phi) is 7.35. The summed E-state index contributed by atoms with van der Waals surface area (Å²) in [7, 11) is 0. The Morgan fingerprint density at radius 3 is 2.68 bits per heavy atom. The van der Waals surface area contributed by atoms with Crippen molar-refractivity contribution in [3.8, 4) is 0 Å². The Labute approximate surface area is 182 Å². The largest absolute Gasteiger partial charge is 0.477 e. The number of aliphatic hydroxyl groups excluding tert-OH is 1. The van der Waals surface area contributed by atoms with Crippen molar-refractivity contribution in [2.24, 2.45) is 0 Å². The van der Waals surface area contributed by atoms with Gasteiger partial charge in [0.1, 0.15) is 11.0 Å². The maximum atomic E-state index is 14.5. The van der Waals surface area contributed by atoms with E-state index < -0.39 is 24.0 Å². The van der Waals surface area contributed by atoms with Crippen LogP contribution in [0, 0.1) is 0 Å². The highest BCUT2D eigenvalue weighted by atomic mass is 32.1. The van der Waals surface area contributed by atoms with Gasteiger partial charge in [-0.25, -0.2) is 4.79 Å². The van der Waals surface area contributed by atoms with E-state index >= 15 is 0 Å². The van der Waals surface area contributed by atoms with Crippen molar-refractivity contribution in [2.45, 2.75) is 37.3 Å². The summed E-state index contributed by atoms with van der Waals surface area (Å²) in [6.07, 6.45) is 5.64. The lowest BCUT2D eigenvalue weighted by atomic mass is 9.98. The summed E-state index contributed by atoms with van der Waals surface area (Å²) in [6.45, 7) is 0.263. The number of rotatable bonds is 8. The van der Waals surface area contributed by atoms with Crippen molar-refractivity contribution in [3.63, 3.8) is 0 Å². The quantitative estimate of drug-likeness (QED) is 0.582. The molecular formula is C23H23F2NO4S. The zero-order valence-corrected chi connectivity index (χ0v) is 17.5. The molecule has 1 aliphatic rings. The van der Waals surface area contributed by atoms with Crippen molar-refractivity contribution >= 4 is 29.3 Å². The van der Waals surface area contributed by atoms with Gasteiger partial charge in [0, 0.05) is 23.4 Å². The highest BCUT2D eigenvalue weighted by Crippen LogP contribution is 2.32.